The minimum absolute atomic E-state index is 0.0540. The van der Waals surface area contributed by atoms with Gasteiger partial charge in [-0.3, -0.25) is 9.59 Å². The molecule has 0 aromatic rings. The first-order valence-corrected chi connectivity index (χ1v) is 26.9. The monoisotopic (exact) mass is 870 g/mol. The van der Waals surface area contributed by atoms with Gasteiger partial charge in [0, 0.05) is 6.42 Å². The summed E-state index contributed by atoms with van der Waals surface area (Å²) in [5, 5.41) is 23.8. The average molecular weight is 870 g/mol. The molecule has 0 saturated carbocycles. The maximum atomic E-state index is 13.2. The van der Waals surface area contributed by atoms with Gasteiger partial charge in [0.25, 0.3) is 0 Å². The van der Waals surface area contributed by atoms with Gasteiger partial charge >= 0.3 is 5.97 Å². The predicted octanol–water partition coefficient (Wildman–Crippen LogP) is 16.2. The minimum Gasteiger partial charge on any atom is -0.462 e. The van der Waals surface area contributed by atoms with E-state index < -0.39 is 18.2 Å². The molecule has 0 radical (unpaired) electrons. The largest absolute Gasteiger partial charge is 0.462 e. The second kappa shape index (κ2) is 49.8. The Balaban J connectivity index is 4.57. The number of nitrogens with one attached hydrogen (secondary N) is 1. The van der Waals surface area contributed by atoms with E-state index in [1.54, 1.807) is 0 Å². The van der Waals surface area contributed by atoms with Crippen LogP contribution in [0.3, 0.4) is 0 Å². The molecule has 0 rings (SSSR count). The van der Waals surface area contributed by atoms with E-state index in [1.807, 2.05) is 24.3 Å². The van der Waals surface area contributed by atoms with Crippen LogP contribution in [0, 0.1) is 0 Å². The van der Waals surface area contributed by atoms with E-state index in [-0.39, 0.29) is 24.9 Å². The van der Waals surface area contributed by atoms with Crippen LogP contribution in [0.25, 0.3) is 0 Å². The van der Waals surface area contributed by atoms with Crippen LogP contribution in [0.4, 0.5) is 0 Å². The van der Waals surface area contributed by atoms with Crippen molar-refractivity contribution >= 4 is 11.9 Å². The summed E-state index contributed by atoms with van der Waals surface area (Å²) in [5.74, 6) is -0.503. The number of rotatable bonds is 48. The zero-order valence-electron chi connectivity index (χ0n) is 41.3. The molecule has 3 N–H and O–H groups in total. The number of hydrogen-bond acceptors (Lipinski definition) is 5. The third kappa shape index (κ3) is 44.4. The Hall–Kier alpha value is -2.18. The average Bonchev–Trinajstić information content (AvgIpc) is 3.26. The number of esters is 1. The SMILES string of the molecule is CC/C=C/C=C/C=C/C=C\CCCCCC(CC(=O)NC(CO)C(O)CCCCCCCCCCCCCCCC)OC(=O)CCCCCCCCCCCCCCCCCC. The number of unbranched alkanes of at least 4 members (excludes halogenated alkanes) is 31. The fraction of sp³-hybridized carbons (Fsp3) is 0.821. The molecule has 6 heteroatoms. The molecular weight excluding hydrogens is 767 g/mol. The van der Waals surface area contributed by atoms with Gasteiger partial charge in [-0.25, -0.2) is 0 Å². The molecule has 0 aliphatic carbocycles. The van der Waals surface area contributed by atoms with Crippen LogP contribution in [-0.4, -0.2) is 46.9 Å². The number of carbonyl (C=O) groups excluding carboxylic acids is 2. The maximum Gasteiger partial charge on any atom is 0.306 e. The van der Waals surface area contributed by atoms with Gasteiger partial charge < -0.3 is 20.3 Å². The van der Waals surface area contributed by atoms with Crippen LogP contribution in [0.2, 0.25) is 0 Å². The van der Waals surface area contributed by atoms with Crippen molar-refractivity contribution in [3.8, 4) is 0 Å². The van der Waals surface area contributed by atoms with Gasteiger partial charge in [-0.05, 0) is 44.9 Å². The highest BCUT2D eigenvalue weighted by Crippen LogP contribution is 2.18. The normalized spacial score (nSPS) is 13.6. The number of amides is 1. The molecule has 0 spiro atoms. The van der Waals surface area contributed by atoms with E-state index in [0.29, 0.717) is 19.3 Å². The molecule has 362 valence electrons. The summed E-state index contributed by atoms with van der Waals surface area (Å²) in [5.41, 5.74) is 0. The standard InChI is InChI=1S/C56H103NO5/c1-4-7-10-13-16-19-22-25-27-28-31-34-37-40-43-46-49-56(61)62-52(47-44-41-38-35-32-29-24-21-18-15-12-9-6-3)50-55(60)57-53(51-58)54(59)48-45-42-39-36-33-30-26-23-20-17-14-11-8-5-2/h9,12,15,18,21,24,29,32,52-54,58-59H,4-8,10-11,13-14,16-17,19-20,22-23,25-28,30-31,33-51H2,1-3H3,(H,57,60)/b12-9+,18-15+,24-21+,32-29-. The highest BCUT2D eigenvalue weighted by atomic mass is 16.5. The van der Waals surface area contributed by atoms with Gasteiger partial charge in [-0.15, -0.1) is 0 Å². The van der Waals surface area contributed by atoms with Gasteiger partial charge in [0.05, 0.1) is 25.2 Å². The van der Waals surface area contributed by atoms with Crippen molar-refractivity contribution in [2.75, 3.05) is 6.61 Å². The van der Waals surface area contributed by atoms with Crippen LogP contribution in [0.5, 0.6) is 0 Å². The minimum atomic E-state index is -0.797. The Morgan fingerprint density at radius 3 is 1.32 bits per heavy atom. The van der Waals surface area contributed by atoms with Crippen LogP contribution in [0.1, 0.15) is 271 Å². The fourth-order valence-electron chi connectivity index (χ4n) is 8.21. The molecule has 1 amide bonds. The van der Waals surface area contributed by atoms with Gasteiger partial charge in [-0.1, -0.05) is 262 Å². The Bertz CT molecular complexity index is 1070. The Kier molecular flexibility index (Phi) is 48.1. The summed E-state index contributed by atoms with van der Waals surface area (Å²) < 4.78 is 5.93. The molecule has 6 nitrogen and oxygen atoms in total. The zero-order valence-corrected chi connectivity index (χ0v) is 41.3. The lowest BCUT2D eigenvalue weighted by Crippen LogP contribution is -2.46. The van der Waals surface area contributed by atoms with E-state index in [4.69, 9.17) is 4.74 Å². The lowest BCUT2D eigenvalue weighted by Gasteiger charge is -2.24. The van der Waals surface area contributed by atoms with E-state index >= 15 is 0 Å². The van der Waals surface area contributed by atoms with Crippen molar-refractivity contribution < 1.29 is 24.5 Å². The first kappa shape index (κ1) is 59.8. The molecule has 0 aromatic heterocycles. The van der Waals surface area contributed by atoms with Crippen molar-refractivity contribution in [2.45, 2.75) is 289 Å². The molecule has 62 heavy (non-hydrogen) atoms. The maximum absolute atomic E-state index is 13.2. The number of ether oxygens (including phenoxy) is 1. The van der Waals surface area contributed by atoms with E-state index in [1.165, 1.54) is 154 Å². The molecule has 0 fully saturated rings. The van der Waals surface area contributed by atoms with Crippen LogP contribution >= 0.6 is 0 Å². The lowest BCUT2D eigenvalue weighted by atomic mass is 10.0. The van der Waals surface area contributed by atoms with Gasteiger partial charge in [0.2, 0.25) is 5.91 Å². The molecule has 0 aliphatic rings. The van der Waals surface area contributed by atoms with E-state index in [9.17, 15) is 19.8 Å². The first-order chi connectivity index (χ1) is 30.5. The third-order valence-electron chi connectivity index (χ3n) is 12.3. The quantitative estimate of drug-likeness (QED) is 0.0322. The molecule has 0 heterocycles. The number of aliphatic hydroxyl groups is 2. The number of hydrogen-bond donors (Lipinski definition) is 3. The highest BCUT2D eigenvalue weighted by molar-refractivity contribution is 5.77. The third-order valence-corrected chi connectivity index (χ3v) is 12.3. The summed E-state index contributed by atoms with van der Waals surface area (Å²) in [4.78, 5) is 26.2. The second-order valence-corrected chi connectivity index (χ2v) is 18.4. The van der Waals surface area contributed by atoms with Crippen molar-refractivity contribution in [3.05, 3.63) is 48.6 Å². The van der Waals surface area contributed by atoms with Crippen LogP contribution in [-0.2, 0) is 14.3 Å². The number of carbonyl (C=O) groups is 2. The van der Waals surface area contributed by atoms with Crippen molar-refractivity contribution in [1.82, 2.24) is 5.32 Å². The summed E-state index contributed by atoms with van der Waals surface area (Å²) in [6.45, 7) is 6.35. The van der Waals surface area contributed by atoms with Crippen LogP contribution < -0.4 is 5.32 Å². The van der Waals surface area contributed by atoms with E-state index in [2.05, 4.69) is 50.4 Å². The lowest BCUT2D eigenvalue weighted by molar-refractivity contribution is -0.151. The fourth-order valence-corrected chi connectivity index (χ4v) is 8.21. The van der Waals surface area contributed by atoms with Gasteiger partial charge in [0.15, 0.2) is 0 Å². The topological polar surface area (TPSA) is 95.9 Å². The highest BCUT2D eigenvalue weighted by Gasteiger charge is 2.24. The number of aliphatic hydroxyl groups excluding tert-OH is 2. The smallest absolute Gasteiger partial charge is 0.306 e. The summed E-state index contributed by atoms with van der Waals surface area (Å²) in [7, 11) is 0. The Morgan fingerprint density at radius 2 is 0.871 bits per heavy atom. The summed E-state index contributed by atoms with van der Waals surface area (Å²) in [6, 6.07) is -0.713. The molecule has 0 aromatic carbocycles. The zero-order chi connectivity index (χ0) is 45.2. The molecule has 3 unspecified atom stereocenters. The second-order valence-electron chi connectivity index (χ2n) is 18.4. The van der Waals surface area contributed by atoms with E-state index in [0.717, 1.165) is 70.6 Å². The van der Waals surface area contributed by atoms with Crippen molar-refractivity contribution in [1.29, 1.82) is 0 Å². The Morgan fingerprint density at radius 1 is 0.484 bits per heavy atom. The first-order valence-electron chi connectivity index (χ1n) is 26.9. The van der Waals surface area contributed by atoms with Crippen LogP contribution in [0.15, 0.2) is 48.6 Å². The van der Waals surface area contributed by atoms with Crippen molar-refractivity contribution in [3.63, 3.8) is 0 Å². The summed E-state index contributed by atoms with van der Waals surface area (Å²) in [6.07, 6.45) is 60.3. The Labute approximate surface area is 385 Å². The van der Waals surface area contributed by atoms with Gasteiger partial charge in [-0.2, -0.15) is 0 Å². The predicted molar refractivity (Wildman–Crippen MR) is 269 cm³/mol. The summed E-state index contributed by atoms with van der Waals surface area (Å²) >= 11 is 0. The molecular formula is C56H103NO5. The van der Waals surface area contributed by atoms with Crippen molar-refractivity contribution in [2.24, 2.45) is 0 Å². The molecule has 0 bridgehead atoms. The molecule has 0 saturated heterocycles. The molecule has 0 aliphatic heterocycles. The molecule has 3 atom stereocenters. The van der Waals surface area contributed by atoms with Gasteiger partial charge in [0.1, 0.15) is 6.10 Å². The number of allylic oxidation sites excluding steroid dienone is 8.